The number of anilines is 1. The average Bonchev–Trinajstić information content (AvgIpc) is 3.10. The molecular weight excluding hydrogens is 364 g/mol. The van der Waals surface area contributed by atoms with E-state index in [1.807, 2.05) is 30.5 Å². The zero-order valence-electron chi connectivity index (χ0n) is 13.6. The topological polar surface area (TPSA) is 66.5 Å². The van der Waals surface area contributed by atoms with E-state index in [1.165, 1.54) is 22.7 Å². The summed E-state index contributed by atoms with van der Waals surface area (Å²) < 4.78 is 26.2. The standard InChI is InChI=1S/C16H20N2O3S3/c1-18(24(20,21)16-10-6-12-23-16)11-5-9-15(19)17-13-7-3-4-8-14(13)22-2/h3-4,6-8,10,12H,5,9,11H2,1-2H3,(H,17,19). The van der Waals surface area contributed by atoms with Crippen molar-refractivity contribution in [3.8, 4) is 0 Å². The van der Waals surface area contributed by atoms with Crippen LogP contribution in [-0.2, 0) is 14.8 Å². The zero-order chi connectivity index (χ0) is 17.6. The number of carbonyl (C=O) groups excluding carboxylic acids is 1. The fourth-order valence-electron chi connectivity index (χ4n) is 2.11. The molecule has 0 fully saturated rings. The first-order chi connectivity index (χ1) is 11.4. The Morgan fingerprint density at radius 2 is 2.00 bits per heavy atom. The Labute approximate surface area is 151 Å². The summed E-state index contributed by atoms with van der Waals surface area (Å²) in [6, 6.07) is 10.9. The van der Waals surface area contributed by atoms with Crippen molar-refractivity contribution in [2.24, 2.45) is 0 Å². The van der Waals surface area contributed by atoms with Gasteiger partial charge >= 0.3 is 0 Å². The first-order valence-electron chi connectivity index (χ1n) is 7.38. The van der Waals surface area contributed by atoms with E-state index in [0.717, 1.165) is 10.6 Å². The molecule has 0 atom stereocenters. The van der Waals surface area contributed by atoms with Gasteiger partial charge in [-0.25, -0.2) is 12.7 Å². The van der Waals surface area contributed by atoms with Gasteiger partial charge in [0.15, 0.2) is 0 Å². The minimum absolute atomic E-state index is 0.113. The Bertz CT molecular complexity index is 774. The molecule has 1 heterocycles. The number of rotatable bonds is 8. The molecule has 5 nitrogen and oxygen atoms in total. The molecule has 0 unspecified atom stereocenters. The number of thioether (sulfide) groups is 1. The van der Waals surface area contributed by atoms with Crippen molar-refractivity contribution < 1.29 is 13.2 Å². The molecule has 0 spiro atoms. The molecule has 0 saturated heterocycles. The van der Waals surface area contributed by atoms with Crippen molar-refractivity contribution in [2.45, 2.75) is 21.9 Å². The third-order valence-electron chi connectivity index (χ3n) is 3.42. The van der Waals surface area contributed by atoms with Crippen molar-refractivity contribution in [2.75, 3.05) is 25.2 Å². The van der Waals surface area contributed by atoms with Crippen molar-refractivity contribution in [1.82, 2.24) is 4.31 Å². The van der Waals surface area contributed by atoms with Crippen LogP contribution >= 0.6 is 23.1 Å². The van der Waals surface area contributed by atoms with Crippen LogP contribution in [0, 0.1) is 0 Å². The van der Waals surface area contributed by atoms with Crippen LogP contribution in [0.25, 0.3) is 0 Å². The normalized spacial score (nSPS) is 11.6. The van der Waals surface area contributed by atoms with E-state index in [0.29, 0.717) is 17.2 Å². The van der Waals surface area contributed by atoms with Crippen LogP contribution in [0.2, 0.25) is 0 Å². The van der Waals surface area contributed by atoms with Crippen LogP contribution in [0.1, 0.15) is 12.8 Å². The van der Waals surface area contributed by atoms with Gasteiger partial charge in [-0.2, -0.15) is 0 Å². The molecule has 2 aromatic rings. The number of amides is 1. The number of benzene rings is 1. The Morgan fingerprint density at radius 3 is 2.67 bits per heavy atom. The molecule has 0 aliphatic heterocycles. The molecule has 130 valence electrons. The van der Waals surface area contributed by atoms with Crippen LogP contribution in [0.3, 0.4) is 0 Å². The van der Waals surface area contributed by atoms with Crippen molar-refractivity contribution in [3.05, 3.63) is 41.8 Å². The third kappa shape index (κ3) is 4.83. The number of hydrogen-bond acceptors (Lipinski definition) is 5. The number of nitrogens with zero attached hydrogens (tertiary/aromatic N) is 1. The number of para-hydroxylation sites is 1. The van der Waals surface area contributed by atoms with Gasteiger partial charge < -0.3 is 5.32 Å². The quantitative estimate of drug-likeness (QED) is 0.707. The summed E-state index contributed by atoms with van der Waals surface area (Å²) in [4.78, 5) is 13.1. The molecule has 1 aromatic carbocycles. The minimum Gasteiger partial charge on any atom is -0.325 e. The molecule has 1 N–H and O–H groups in total. The molecule has 1 aromatic heterocycles. The maximum atomic E-state index is 12.3. The van der Waals surface area contributed by atoms with E-state index in [4.69, 9.17) is 0 Å². The van der Waals surface area contributed by atoms with Crippen LogP contribution < -0.4 is 5.32 Å². The van der Waals surface area contributed by atoms with E-state index < -0.39 is 10.0 Å². The predicted molar refractivity (Wildman–Crippen MR) is 100 cm³/mol. The van der Waals surface area contributed by atoms with Gasteiger partial charge in [-0.3, -0.25) is 4.79 Å². The van der Waals surface area contributed by atoms with Gasteiger partial charge in [-0.1, -0.05) is 18.2 Å². The molecular formula is C16H20N2O3S3. The van der Waals surface area contributed by atoms with E-state index in [9.17, 15) is 13.2 Å². The molecule has 0 saturated carbocycles. The molecule has 24 heavy (non-hydrogen) atoms. The summed E-state index contributed by atoms with van der Waals surface area (Å²) >= 11 is 2.76. The van der Waals surface area contributed by atoms with Crippen LogP contribution in [0.5, 0.6) is 0 Å². The summed E-state index contributed by atoms with van der Waals surface area (Å²) in [6.07, 6.45) is 2.69. The van der Waals surface area contributed by atoms with E-state index in [1.54, 1.807) is 29.3 Å². The lowest BCUT2D eigenvalue weighted by Crippen LogP contribution is -2.28. The number of carbonyl (C=O) groups is 1. The van der Waals surface area contributed by atoms with Crippen molar-refractivity contribution in [3.63, 3.8) is 0 Å². The second kappa shape index (κ2) is 8.66. The van der Waals surface area contributed by atoms with Gasteiger partial charge in [0.25, 0.3) is 10.0 Å². The van der Waals surface area contributed by atoms with Gasteiger partial charge in [0, 0.05) is 24.9 Å². The molecule has 0 bridgehead atoms. The second-order valence-electron chi connectivity index (χ2n) is 5.11. The lowest BCUT2D eigenvalue weighted by Gasteiger charge is -2.16. The van der Waals surface area contributed by atoms with Crippen molar-refractivity contribution in [1.29, 1.82) is 0 Å². The number of hydrogen-bond donors (Lipinski definition) is 1. The predicted octanol–water partition coefficient (Wildman–Crippen LogP) is 3.51. The summed E-state index contributed by atoms with van der Waals surface area (Å²) in [5.41, 5.74) is 0.787. The highest BCUT2D eigenvalue weighted by molar-refractivity contribution is 7.98. The Kier molecular flexibility index (Phi) is 6.85. The van der Waals surface area contributed by atoms with Gasteiger partial charge in [-0.05, 0) is 36.3 Å². The minimum atomic E-state index is -3.45. The molecule has 1 amide bonds. The highest BCUT2D eigenvalue weighted by atomic mass is 32.2. The van der Waals surface area contributed by atoms with E-state index in [2.05, 4.69) is 5.32 Å². The van der Waals surface area contributed by atoms with Crippen LogP contribution in [-0.4, -0.2) is 38.5 Å². The molecule has 0 aliphatic rings. The largest absolute Gasteiger partial charge is 0.325 e. The summed E-state index contributed by atoms with van der Waals surface area (Å²) in [6.45, 7) is 0.303. The lowest BCUT2D eigenvalue weighted by atomic mass is 10.2. The Balaban J connectivity index is 1.84. The molecule has 0 aliphatic carbocycles. The average molecular weight is 385 g/mol. The van der Waals surface area contributed by atoms with Crippen molar-refractivity contribution >= 4 is 44.7 Å². The summed E-state index contributed by atoms with van der Waals surface area (Å²) in [5.74, 6) is -0.113. The van der Waals surface area contributed by atoms with E-state index in [-0.39, 0.29) is 12.3 Å². The SMILES string of the molecule is CSc1ccccc1NC(=O)CCCN(C)S(=O)(=O)c1cccs1. The van der Waals surface area contributed by atoms with Crippen LogP contribution in [0.4, 0.5) is 5.69 Å². The highest BCUT2D eigenvalue weighted by Gasteiger charge is 2.21. The first-order valence-corrected chi connectivity index (χ1v) is 10.9. The third-order valence-corrected chi connectivity index (χ3v) is 7.44. The number of thiophene rings is 1. The first kappa shape index (κ1) is 19.0. The summed E-state index contributed by atoms with van der Waals surface area (Å²) in [5, 5.41) is 4.61. The smallest absolute Gasteiger partial charge is 0.252 e. The number of nitrogens with one attached hydrogen (secondary N) is 1. The molecule has 8 heteroatoms. The lowest BCUT2D eigenvalue weighted by molar-refractivity contribution is -0.116. The van der Waals surface area contributed by atoms with E-state index >= 15 is 0 Å². The zero-order valence-corrected chi connectivity index (χ0v) is 16.0. The second-order valence-corrected chi connectivity index (χ2v) is 9.18. The van der Waals surface area contributed by atoms with Gasteiger partial charge in [-0.15, -0.1) is 23.1 Å². The highest BCUT2D eigenvalue weighted by Crippen LogP contribution is 2.25. The van der Waals surface area contributed by atoms with Gasteiger partial charge in [0.2, 0.25) is 5.91 Å². The Hall–Kier alpha value is -1.35. The number of sulfonamides is 1. The van der Waals surface area contributed by atoms with Gasteiger partial charge in [0.1, 0.15) is 4.21 Å². The Morgan fingerprint density at radius 1 is 1.25 bits per heavy atom. The maximum Gasteiger partial charge on any atom is 0.252 e. The molecule has 2 rings (SSSR count). The maximum absolute atomic E-state index is 12.3. The molecule has 0 radical (unpaired) electrons. The van der Waals surface area contributed by atoms with Crippen LogP contribution in [0.15, 0.2) is 50.9 Å². The van der Waals surface area contributed by atoms with Gasteiger partial charge in [0.05, 0.1) is 5.69 Å². The summed E-state index contributed by atoms with van der Waals surface area (Å²) in [7, 11) is -1.91. The monoisotopic (exact) mass is 384 g/mol. The fraction of sp³-hybridized carbons (Fsp3) is 0.312. The fourth-order valence-corrected chi connectivity index (χ4v) is 5.07.